The molecule has 5 nitrogen and oxygen atoms in total. The van der Waals surface area contributed by atoms with E-state index in [4.69, 9.17) is 10.8 Å². The largest absolute Gasteiger partial charge is 0.414 e. The molecular formula is C13H10FN3O2S. The monoisotopic (exact) mass is 291 g/mol. The lowest BCUT2D eigenvalue weighted by atomic mass is 10.2. The van der Waals surface area contributed by atoms with E-state index in [0.29, 0.717) is 16.5 Å². The van der Waals surface area contributed by atoms with Gasteiger partial charge in [0.2, 0.25) is 5.89 Å². The molecule has 1 aromatic carbocycles. The van der Waals surface area contributed by atoms with Gasteiger partial charge in [-0.1, -0.05) is 17.7 Å². The highest BCUT2D eigenvalue weighted by Crippen LogP contribution is 2.14. The lowest BCUT2D eigenvalue weighted by Crippen LogP contribution is -2.22. The van der Waals surface area contributed by atoms with Crippen LogP contribution in [-0.2, 0) is 6.54 Å². The first-order chi connectivity index (χ1) is 9.69. The highest BCUT2D eigenvalue weighted by atomic mass is 32.2. The molecular weight excluding hydrogens is 281 g/mol. The smallest absolute Gasteiger partial charge is 0.277 e. The Hall–Kier alpha value is -2.33. The number of amides is 1. The molecule has 0 bridgehead atoms. The fourth-order valence-corrected chi connectivity index (χ4v) is 1.79. The molecule has 102 valence electrons. The van der Waals surface area contributed by atoms with Crippen LogP contribution in [0, 0.1) is 18.2 Å². The molecule has 0 saturated heterocycles. The van der Waals surface area contributed by atoms with Crippen molar-refractivity contribution in [1.29, 1.82) is 0 Å². The molecule has 1 N–H and O–H groups in total. The highest BCUT2D eigenvalue weighted by Gasteiger charge is 2.09. The summed E-state index contributed by atoms with van der Waals surface area (Å²) >= 11 is 1.24. The van der Waals surface area contributed by atoms with Crippen LogP contribution in [0.3, 0.4) is 0 Å². The highest BCUT2D eigenvalue weighted by molar-refractivity contribution is 7.99. The van der Waals surface area contributed by atoms with Gasteiger partial charge in [0.05, 0.1) is 12.3 Å². The van der Waals surface area contributed by atoms with Gasteiger partial charge in [0.15, 0.2) is 0 Å². The van der Waals surface area contributed by atoms with Crippen molar-refractivity contribution in [2.45, 2.75) is 11.8 Å². The first kappa shape index (κ1) is 14.1. The minimum Gasteiger partial charge on any atom is -0.414 e. The maximum Gasteiger partial charge on any atom is 0.277 e. The van der Waals surface area contributed by atoms with Crippen molar-refractivity contribution in [2.24, 2.45) is 0 Å². The zero-order chi connectivity index (χ0) is 14.4. The third-order valence-corrected chi connectivity index (χ3v) is 2.96. The van der Waals surface area contributed by atoms with E-state index in [0.717, 1.165) is 0 Å². The molecule has 0 aliphatic heterocycles. The summed E-state index contributed by atoms with van der Waals surface area (Å²) in [5.41, 5.74) is 0.354. The van der Waals surface area contributed by atoms with Crippen LogP contribution >= 0.6 is 11.8 Å². The predicted molar refractivity (Wildman–Crippen MR) is 71.4 cm³/mol. The van der Waals surface area contributed by atoms with E-state index in [1.54, 1.807) is 0 Å². The van der Waals surface area contributed by atoms with Gasteiger partial charge >= 0.3 is 0 Å². The van der Waals surface area contributed by atoms with E-state index in [2.05, 4.69) is 21.4 Å². The second-order valence-electron chi connectivity index (χ2n) is 3.64. The maximum atomic E-state index is 12.7. The van der Waals surface area contributed by atoms with Gasteiger partial charge in [0.25, 0.3) is 11.1 Å². The maximum absolute atomic E-state index is 12.7. The first-order valence-electron chi connectivity index (χ1n) is 5.61. The molecule has 2 rings (SSSR count). The Morgan fingerprint density at radius 2 is 2.15 bits per heavy atom. The van der Waals surface area contributed by atoms with Crippen molar-refractivity contribution < 1.29 is 13.6 Å². The number of carbonyl (C=O) groups is 1. The van der Waals surface area contributed by atoms with Crippen LogP contribution in [0.25, 0.3) is 0 Å². The van der Waals surface area contributed by atoms with Gasteiger partial charge in [0.1, 0.15) is 5.82 Å². The quantitative estimate of drug-likeness (QED) is 0.673. The van der Waals surface area contributed by atoms with Gasteiger partial charge in [0, 0.05) is 5.56 Å². The summed E-state index contributed by atoms with van der Waals surface area (Å²) in [6.45, 7) is 0.0970. The van der Waals surface area contributed by atoms with Gasteiger partial charge < -0.3 is 9.73 Å². The number of carbonyl (C=O) groups excluding carboxylic acids is 1. The summed E-state index contributed by atoms with van der Waals surface area (Å²) in [5, 5.41) is 10.5. The van der Waals surface area contributed by atoms with Crippen molar-refractivity contribution in [3.8, 4) is 12.3 Å². The van der Waals surface area contributed by atoms with E-state index >= 15 is 0 Å². The van der Waals surface area contributed by atoms with Gasteiger partial charge in [-0.15, -0.1) is 16.6 Å². The molecule has 1 amide bonds. The molecule has 0 aliphatic carbocycles. The molecule has 1 aromatic heterocycles. The minimum atomic E-state index is -0.395. The summed E-state index contributed by atoms with van der Waals surface area (Å²) in [6, 6.07) is 5.23. The van der Waals surface area contributed by atoms with Crippen LogP contribution in [0.15, 0.2) is 33.9 Å². The second kappa shape index (κ2) is 6.73. The fourth-order valence-electron chi connectivity index (χ4n) is 1.33. The second-order valence-corrected chi connectivity index (χ2v) is 4.57. The molecule has 0 unspecified atom stereocenters. The Bertz CT molecular complexity index is 634. The summed E-state index contributed by atoms with van der Waals surface area (Å²) < 4.78 is 18.0. The van der Waals surface area contributed by atoms with Crippen molar-refractivity contribution in [1.82, 2.24) is 15.5 Å². The summed E-state index contributed by atoms with van der Waals surface area (Å²) in [6.07, 6.45) is 5.11. The van der Waals surface area contributed by atoms with Crippen LogP contribution in [0.2, 0.25) is 0 Å². The number of nitrogens with one attached hydrogen (secondary N) is 1. The van der Waals surface area contributed by atoms with Gasteiger partial charge in [-0.3, -0.25) is 4.79 Å². The van der Waals surface area contributed by atoms with E-state index < -0.39 is 5.82 Å². The fraction of sp³-hybridized carbons (Fsp3) is 0.154. The van der Waals surface area contributed by atoms with Gasteiger partial charge in [-0.05, 0) is 24.3 Å². The van der Waals surface area contributed by atoms with Crippen molar-refractivity contribution in [3.63, 3.8) is 0 Å². The molecule has 0 fully saturated rings. The zero-order valence-corrected chi connectivity index (χ0v) is 11.1. The minimum absolute atomic E-state index is 0.0970. The number of nitrogens with zero attached hydrogens (tertiary/aromatic N) is 2. The summed E-state index contributed by atoms with van der Waals surface area (Å²) in [7, 11) is 0. The topological polar surface area (TPSA) is 68.0 Å². The first-order valence-corrected chi connectivity index (χ1v) is 6.60. The Labute approximate surface area is 119 Å². The third kappa shape index (κ3) is 3.83. The van der Waals surface area contributed by atoms with E-state index in [9.17, 15) is 9.18 Å². The Morgan fingerprint density at radius 3 is 2.85 bits per heavy atom. The molecule has 0 saturated carbocycles. The molecule has 0 atom stereocenters. The average Bonchev–Trinajstić information content (AvgIpc) is 2.91. The van der Waals surface area contributed by atoms with Crippen LogP contribution in [0.4, 0.5) is 4.39 Å². The number of aromatic nitrogens is 2. The van der Waals surface area contributed by atoms with Crippen molar-refractivity contribution in [3.05, 3.63) is 41.5 Å². The van der Waals surface area contributed by atoms with Crippen LogP contribution < -0.4 is 5.32 Å². The standard InChI is InChI=1S/C13H10FN3O2S/c1-2-7-20-13-17-16-11(19-13)8-15-12(18)9-3-5-10(14)6-4-9/h1,3-6H,7-8H2,(H,15,18). The van der Waals surface area contributed by atoms with Crippen molar-refractivity contribution >= 4 is 17.7 Å². The average molecular weight is 291 g/mol. The number of rotatable bonds is 5. The zero-order valence-electron chi connectivity index (χ0n) is 10.3. The molecule has 20 heavy (non-hydrogen) atoms. The lowest BCUT2D eigenvalue weighted by molar-refractivity contribution is 0.0946. The number of terminal acetylenes is 1. The molecule has 7 heteroatoms. The molecule has 0 radical (unpaired) electrons. The Balaban J connectivity index is 1.88. The molecule has 0 spiro atoms. The number of thioether (sulfide) groups is 1. The number of hydrogen-bond acceptors (Lipinski definition) is 5. The molecule has 2 aromatic rings. The SMILES string of the molecule is C#CCSc1nnc(CNC(=O)c2ccc(F)cc2)o1. The van der Waals surface area contributed by atoms with Crippen molar-refractivity contribution in [2.75, 3.05) is 5.75 Å². The van der Waals surface area contributed by atoms with Crippen LogP contribution in [0.1, 0.15) is 16.2 Å². The third-order valence-electron chi connectivity index (χ3n) is 2.23. The Kier molecular flexibility index (Phi) is 4.74. The Morgan fingerprint density at radius 1 is 1.40 bits per heavy atom. The van der Waals surface area contributed by atoms with E-state index in [1.807, 2.05) is 0 Å². The van der Waals surface area contributed by atoms with E-state index in [1.165, 1.54) is 36.0 Å². The van der Waals surface area contributed by atoms with E-state index in [-0.39, 0.29) is 18.3 Å². The number of benzene rings is 1. The lowest BCUT2D eigenvalue weighted by Gasteiger charge is -2.01. The normalized spacial score (nSPS) is 10.0. The predicted octanol–water partition coefficient (Wildman–Crippen LogP) is 1.86. The number of halogens is 1. The summed E-state index contributed by atoms with van der Waals surface area (Å²) in [4.78, 5) is 11.8. The molecule has 1 heterocycles. The van der Waals surface area contributed by atoms with Crippen LogP contribution in [-0.4, -0.2) is 21.9 Å². The van der Waals surface area contributed by atoms with Gasteiger partial charge in [-0.2, -0.15) is 0 Å². The van der Waals surface area contributed by atoms with Gasteiger partial charge in [-0.25, -0.2) is 4.39 Å². The summed E-state index contributed by atoms with van der Waals surface area (Å²) in [5.74, 6) is 2.41. The molecule has 0 aliphatic rings. The number of hydrogen-bond donors (Lipinski definition) is 1. The van der Waals surface area contributed by atoms with Crippen LogP contribution in [0.5, 0.6) is 0 Å².